The monoisotopic (exact) mass is 285 g/mol. The largest absolute Gasteiger partial charge is 0.478 e. The first-order valence-electron chi connectivity index (χ1n) is 6.75. The standard InChI is InChI=1S/C17H19NO3/c1-12-9-13(17(19)20)7-8-16(12)18-10-14-5-3-4-6-15(14)11-21-2/h3-9,18H,10-11H2,1-2H3,(H,19,20). The molecule has 0 aliphatic rings. The molecule has 0 radical (unpaired) electrons. The number of aromatic carboxylic acids is 1. The Bertz CT molecular complexity index is 638. The van der Waals surface area contributed by atoms with Crippen molar-refractivity contribution in [2.24, 2.45) is 0 Å². The van der Waals surface area contributed by atoms with Gasteiger partial charge in [-0.2, -0.15) is 0 Å². The topological polar surface area (TPSA) is 58.6 Å². The van der Waals surface area contributed by atoms with Crippen molar-refractivity contribution in [1.82, 2.24) is 0 Å². The molecule has 0 atom stereocenters. The Morgan fingerprint density at radius 3 is 2.52 bits per heavy atom. The molecule has 0 aliphatic heterocycles. The normalized spacial score (nSPS) is 10.4. The van der Waals surface area contributed by atoms with E-state index in [2.05, 4.69) is 11.4 Å². The van der Waals surface area contributed by atoms with Crippen LogP contribution in [0.25, 0.3) is 0 Å². The number of benzene rings is 2. The van der Waals surface area contributed by atoms with E-state index < -0.39 is 5.97 Å². The predicted octanol–water partition coefficient (Wildman–Crippen LogP) is 3.45. The lowest BCUT2D eigenvalue weighted by Crippen LogP contribution is -2.05. The number of carboxylic acid groups (broad SMARTS) is 1. The van der Waals surface area contributed by atoms with Crippen molar-refractivity contribution in [3.8, 4) is 0 Å². The van der Waals surface area contributed by atoms with E-state index in [0.29, 0.717) is 18.7 Å². The molecule has 0 spiro atoms. The van der Waals surface area contributed by atoms with Crippen LogP contribution in [0, 0.1) is 6.92 Å². The Labute approximate surface area is 124 Å². The van der Waals surface area contributed by atoms with E-state index >= 15 is 0 Å². The fourth-order valence-corrected chi connectivity index (χ4v) is 2.21. The molecule has 0 bridgehead atoms. The Morgan fingerprint density at radius 1 is 1.19 bits per heavy atom. The second kappa shape index (κ2) is 6.90. The molecule has 0 unspecified atom stereocenters. The van der Waals surface area contributed by atoms with Crippen LogP contribution in [0.15, 0.2) is 42.5 Å². The quantitative estimate of drug-likeness (QED) is 0.853. The Kier molecular flexibility index (Phi) is 4.95. The summed E-state index contributed by atoms with van der Waals surface area (Å²) in [6.07, 6.45) is 0. The van der Waals surface area contributed by atoms with Gasteiger partial charge in [0.25, 0.3) is 0 Å². The predicted molar refractivity (Wildman–Crippen MR) is 82.6 cm³/mol. The van der Waals surface area contributed by atoms with Gasteiger partial charge < -0.3 is 15.2 Å². The molecule has 2 rings (SSSR count). The first-order valence-corrected chi connectivity index (χ1v) is 6.75. The molecular formula is C17H19NO3. The maximum atomic E-state index is 10.9. The number of carbonyl (C=O) groups is 1. The summed E-state index contributed by atoms with van der Waals surface area (Å²) in [5.74, 6) is -0.907. The molecule has 0 fully saturated rings. The fraction of sp³-hybridized carbons (Fsp3) is 0.235. The van der Waals surface area contributed by atoms with E-state index in [1.807, 2.05) is 25.1 Å². The van der Waals surface area contributed by atoms with Crippen LogP contribution in [0.3, 0.4) is 0 Å². The molecule has 4 nitrogen and oxygen atoms in total. The molecule has 2 aromatic rings. The average molecular weight is 285 g/mol. The van der Waals surface area contributed by atoms with Gasteiger partial charge in [-0.25, -0.2) is 4.79 Å². The summed E-state index contributed by atoms with van der Waals surface area (Å²) in [7, 11) is 1.68. The highest BCUT2D eigenvalue weighted by Gasteiger charge is 2.06. The third kappa shape index (κ3) is 3.83. The molecule has 2 aromatic carbocycles. The lowest BCUT2D eigenvalue weighted by Gasteiger charge is -2.13. The van der Waals surface area contributed by atoms with E-state index in [1.165, 1.54) is 5.56 Å². The van der Waals surface area contributed by atoms with Gasteiger partial charge in [-0.05, 0) is 41.8 Å². The van der Waals surface area contributed by atoms with Gasteiger partial charge >= 0.3 is 5.97 Å². The molecular weight excluding hydrogens is 266 g/mol. The molecule has 2 N–H and O–H groups in total. The molecule has 0 saturated heterocycles. The van der Waals surface area contributed by atoms with Gasteiger partial charge in [-0.15, -0.1) is 0 Å². The minimum absolute atomic E-state index is 0.304. The summed E-state index contributed by atoms with van der Waals surface area (Å²) in [5, 5.41) is 12.3. The molecule has 0 aliphatic carbocycles. The van der Waals surface area contributed by atoms with E-state index in [0.717, 1.165) is 16.8 Å². The van der Waals surface area contributed by atoms with Gasteiger partial charge in [-0.3, -0.25) is 0 Å². The molecule has 4 heteroatoms. The highest BCUT2D eigenvalue weighted by atomic mass is 16.5. The summed E-state index contributed by atoms with van der Waals surface area (Å²) in [5.41, 5.74) is 4.47. The smallest absolute Gasteiger partial charge is 0.335 e. The SMILES string of the molecule is COCc1ccccc1CNc1ccc(C(=O)O)cc1C. The minimum Gasteiger partial charge on any atom is -0.478 e. The number of methoxy groups -OCH3 is 1. The number of aryl methyl sites for hydroxylation is 1. The number of ether oxygens (including phenoxy) is 1. The number of hydrogen-bond donors (Lipinski definition) is 2. The molecule has 0 saturated carbocycles. The van der Waals surface area contributed by atoms with Crippen LogP contribution in [0.2, 0.25) is 0 Å². The van der Waals surface area contributed by atoms with Crippen molar-refractivity contribution < 1.29 is 14.6 Å². The second-order valence-electron chi connectivity index (χ2n) is 4.89. The van der Waals surface area contributed by atoms with Crippen LogP contribution >= 0.6 is 0 Å². The third-order valence-electron chi connectivity index (χ3n) is 3.36. The summed E-state index contributed by atoms with van der Waals surface area (Å²) in [4.78, 5) is 10.9. The van der Waals surface area contributed by atoms with Crippen molar-refractivity contribution >= 4 is 11.7 Å². The number of carboxylic acids is 1. The minimum atomic E-state index is -0.907. The third-order valence-corrected chi connectivity index (χ3v) is 3.36. The number of hydrogen-bond acceptors (Lipinski definition) is 3. The van der Waals surface area contributed by atoms with Crippen molar-refractivity contribution in [1.29, 1.82) is 0 Å². The number of rotatable bonds is 6. The molecule has 0 heterocycles. The zero-order chi connectivity index (χ0) is 15.2. The lowest BCUT2D eigenvalue weighted by atomic mass is 10.1. The molecule has 110 valence electrons. The first-order chi connectivity index (χ1) is 10.1. The summed E-state index contributed by atoms with van der Waals surface area (Å²) in [6.45, 7) is 3.15. The first kappa shape index (κ1) is 15.1. The molecule has 0 aromatic heterocycles. The van der Waals surface area contributed by atoms with E-state index in [4.69, 9.17) is 9.84 Å². The van der Waals surface area contributed by atoms with Crippen molar-refractivity contribution in [3.05, 3.63) is 64.7 Å². The van der Waals surface area contributed by atoms with Gasteiger partial charge in [0.1, 0.15) is 0 Å². The summed E-state index contributed by atoms with van der Waals surface area (Å²) >= 11 is 0. The van der Waals surface area contributed by atoms with Gasteiger partial charge in [0, 0.05) is 19.3 Å². The zero-order valence-corrected chi connectivity index (χ0v) is 12.2. The Balaban J connectivity index is 2.11. The van der Waals surface area contributed by atoms with E-state index in [-0.39, 0.29) is 0 Å². The van der Waals surface area contributed by atoms with Gasteiger partial charge in [0.05, 0.1) is 12.2 Å². The van der Waals surface area contributed by atoms with Crippen LogP contribution in [0.5, 0.6) is 0 Å². The summed E-state index contributed by atoms with van der Waals surface area (Å²) in [6, 6.07) is 13.2. The van der Waals surface area contributed by atoms with E-state index in [9.17, 15) is 4.79 Å². The van der Waals surface area contributed by atoms with Gasteiger partial charge in [0.2, 0.25) is 0 Å². The lowest BCUT2D eigenvalue weighted by molar-refractivity contribution is 0.0697. The molecule has 0 amide bonds. The highest BCUT2D eigenvalue weighted by molar-refractivity contribution is 5.88. The number of anilines is 1. The van der Waals surface area contributed by atoms with Crippen LogP contribution in [0.1, 0.15) is 27.0 Å². The average Bonchev–Trinajstić information content (AvgIpc) is 2.47. The Morgan fingerprint density at radius 2 is 1.90 bits per heavy atom. The molecule has 21 heavy (non-hydrogen) atoms. The van der Waals surface area contributed by atoms with Crippen molar-refractivity contribution in [3.63, 3.8) is 0 Å². The van der Waals surface area contributed by atoms with Crippen LogP contribution < -0.4 is 5.32 Å². The van der Waals surface area contributed by atoms with Crippen LogP contribution in [-0.4, -0.2) is 18.2 Å². The van der Waals surface area contributed by atoms with Crippen LogP contribution in [0.4, 0.5) is 5.69 Å². The zero-order valence-electron chi connectivity index (χ0n) is 12.2. The van der Waals surface area contributed by atoms with Gasteiger partial charge in [0.15, 0.2) is 0 Å². The maximum Gasteiger partial charge on any atom is 0.335 e. The van der Waals surface area contributed by atoms with E-state index in [1.54, 1.807) is 25.3 Å². The van der Waals surface area contributed by atoms with Crippen molar-refractivity contribution in [2.75, 3.05) is 12.4 Å². The number of nitrogens with one attached hydrogen (secondary N) is 1. The fourth-order valence-electron chi connectivity index (χ4n) is 2.21. The maximum absolute atomic E-state index is 10.9. The Hall–Kier alpha value is -2.33. The highest BCUT2D eigenvalue weighted by Crippen LogP contribution is 2.19. The van der Waals surface area contributed by atoms with Crippen molar-refractivity contribution in [2.45, 2.75) is 20.1 Å². The van der Waals surface area contributed by atoms with Gasteiger partial charge in [-0.1, -0.05) is 24.3 Å². The second-order valence-corrected chi connectivity index (χ2v) is 4.89. The van der Waals surface area contributed by atoms with Crippen LogP contribution in [-0.2, 0) is 17.9 Å². The summed E-state index contributed by atoms with van der Waals surface area (Å²) < 4.78 is 5.19.